The molecule has 53 heavy (non-hydrogen) atoms. The molecule has 0 amide bonds. The van der Waals surface area contributed by atoms with Crippen molar-refractivity contribution >= 4 is 55.0 Å². The van der Waals surface area contributed by atoms with Crippen LogP contribution < -0.4 is 0 Å². The van der Waals surface area contributed by atoms with Gasteiger partial charge in [0.05, 0.1) is 11.0 Å². The zero-order chi connectivity index (χ0) is 35.1. The lowest BCUT2D eigenvalue weighted by molar-refractivity contribution is 1.18. The van der Waals surface area contributed by atoms with Crippen LogP contribution >= 0.6 is 0 Å². The average Bonchev–Trinajstić information content (AvgIpc) is 3.57. The Kier molecular flexibility index (Phi) is 7.55. The summed E-state index contributed by atoms with van der Waals surface area (Å²) >= 11 is 0. The maximum absolute atomic E-state index is 2.38. The van der Waals surface area contributed by atoms with Crippen LogP contribution in [0.1, 0.15) is 16.7 Å². The molecule has 0 bridgehead atoms. The zero-order valence-electron chi connectivity index (χ0n) is 29.2. The third-order valence-corrected chi connectivity index (χ3v) is 10.6. The van der Waals surface area contributed by atoms with Gasteiger partial charge in [0.2, 0.25) is 0 Å². The molecule has 0 radical (unpaired) electrons. The third kappa shape index (κ3) is 5.34. The Labute approximate surface area is 309 Å². The summed E-state index contributed by atoms with van der Waals surface area (Å²) in [7, 11) is 0. The minimum Gasteiger partial charge on any atom is -0.309 e. The summed E-state index contributed by atoms with van der Waals surface area (Å²) in [5, 5.41) is 7.57. The average molecular weight is 674 g/mol. The number of benzene rings is 9. The smallest absolute Gasteiger partial charge is 0.0541 e. The van der Waals surface area contributed by atoms with E-state index in [2.05, 4.69) is 217 Å². The number of para-hydroxylation sites is 2. The van der Waals surface area contributed by atoms with Gasteiger partial charge in [0.15, 0.2) is 0 Å². The van der Waals surface area contributed by atoms with Crippen molar-refractivity contribution in [1.82, 2.24) is 4.57 Å². The number of hydrogen-bond acceptors (Lipinski definition) is 0. The molecule has 0 aliphatic carbocycles. The van der Waals surface area contributed by atoms with Crippen molar-refractivity contribution in [2.24, 2.45) is 0 Å². The van der Waals surface area contributed by atoms with Gasteiger partial charge in [-0.25, -0.2) is 0 Å². The molecular weight excluding hydrogens is 639 g/mol. The van der Waals surface area contributed by atoms with Crippen LogP contribution in [-0.4, -0.2) is 4.57 Å². The van der Waals surface area contributed by atoms with Crippen molar-refractivity contribution in [3.05, 3.63) is 223 Å². The van der Waals surface area contributed by atoms with Crippen molar-refractivity contribution < 1.29 is 0 Å². The van der Waals surface area contributed by atoms with Gasteiger partial charge < -0.3 is 4.57 Å². The zero-order valence-corrected chi connectivity index (χ0v) is 29.2. The molecular formula is C52H35N. The van der Waals surface area contributed by atoms with E-state index < -0.39 is 0 Å². The first-order valence-electron chi connectivity index (χ1n) is 18.3. The number of rotatable bonds is 6. The van der Waals surface area contributed by atoms with Crippen molar-refractivity contribution in [2.75, 3.05) is 0 Å². The minimum absolute atomic E-state index is 1.16. The fourth-order valence-electron chi connectivity index (χ4n) is 8.21. The Morgan fingerprint density at radius 3 is 1.11 bits per heavy atom. The lowest BCUT2D eigenvalue weighted by Gasteiger charge is -2.18. The largest absolute Gasteiger partial charge is 0.309 e. The molecule has 0 unspecified atom stereocenters. The van der Waals surface area contributed by atoms with Gasteiger partial charge in [-0.3, -0.25) is 0 Å². The summed E-state index contributed by atoms with van der Waals surface area (Å²) in [6.45, 7) is 0. The molecule has 1 heterocycles. The second-order valence-electron chi connectivity index (χ2n) is 13.7. The second-order valence-corrected chi connectivity index (χ2v) is 13.7. The van der Waals surface area contributed by atoms with Gasteiger partial charge in [-0.05, 0) is 96.4 Å². The summed E-state index contributed by atoms with van der Waals surface area (Å²) in [6, 6.07) is 74.7. The first kappa shape index (κ1) is 30.8. The molecule has 1 aromatic heterocycles. The van der Waals surface area contributed by atoms with Crippen LogP contribution in [0.5, 0.6) is 0 Å². The summed E-state index contributed by atoms with van der Waals surface area (Å²) < 4.78 is 2.38. The number of nitrogens with zero attached hydrogens (tertiary/aromatic N) is 1. The van der Waals surface area contributed by atoms with Gasteiger partial charge in [-0.15, -0.1) is 0 Å². The highest BCUT2D eigenvalue weighted by molar-refractivity contribution is 6.21. The van der Waals surface area contributed by atoms with Crippen LogP contribution in [0, 0.1) is 0 Å². The molecule has 10 aromatic rings. The fourth-order valence-corrected chi connectivity index (χ4v) is 8.21. The quantitative estimate of drug-likeness (QED) is 0.122. The van der Waals surface area contributed by atoms with Crippen LogP contribution in [0.15, 0.2) is 206 Å². The Morgan fingerprint density at radius 2 is 0.679 bits per heavy atom. The highest BCUT2D eigenvalue weighted by atomic mass is 15.0. The molecule has 0 spiro atoms. The molecule has 9 aromatic carbocycles. The number of fused-ring (bicyclic) bond motifs is 5. The van der Waals surface area contributed by atoms with E-state index in [-0.39, 0.29) is 0 Å². The van der Waals surface area contributed by atoms with Crippen LogP contribution in [0.25, 0.3) is 82.9 Å². The topological polar surface area (TPSA) is 4.93 Å². The van der Waals surface area contributed by atoms with E-state index in [1.165, 1.54) is 87.9 Å². The van der Waals surface area contributed by atoms with Gasteiger partial charge in [0, 0.05) is 16.5 Å². The first-order valence-corrected chi connectivity index (χ1v) is 18.3. The summed E-state index contributed by atoms with van der Waals surface area (Å²) in [4.78, 5) is 0. The Morgan fingerprint density at radius 1 is 0.321 bits per heavy atom. The lowest BCUT2D eigenvalue weighted by atomic mass is 9.85. The molecule has 10 rings (SSSR count). The molecule has 1 heteroatoms. The summed E-state index contributed by atoms with van der Waals surface area (Å²) in [5.74, 6) is 0. The lowest BCUT2D eigenvalue weighted by Crippen LogP contribution is -1.94. The molecule has 0 N–H and O–H groups in total. The SMILES string of the molecule is C(=C(c1ccccc1)c1ccccc1)c1ccc(-c2c3ccccc3c(-c3ccc(-n4c5ccccc5c5ccccc54)cc3)c3ccccc23)cc1. The highest BCUT2D eigenvalue weighted by Gasteiger charge is 2.17. The van der Waals surface area contributed by atoms with Crippen LogP contribution in [-0.2, 0) is 0 Å². The molecule has 0 saturated carbocycles. The second kappa shape index (κ2) is 13.0. The van der Waals surface area contributed by atoms with E-state index >= 15 is 0 Å². The molecule has 0 fully saturated rings. The van der Waals surface area contributed by atoms with Crippen molar-refractivity contribution in [3.8, 4) is 27.9 Å². The van der Waals surface area contributed by atoms with E-state index in [0.29, 0.717) is 0 Å². The van der Waals surface area contributed by atoms with Crippen LogP contribution in [0.4, 0.5) is 0 Å². The monoisotopic (exact) mass is 673 g/mol. The summed E-state index contributed by atoms with van der Waals surface area (Å²) in [5.41, 5.74) is 13.4. The van der Waals surface area contributed by atoms with E-state index in [9.17, 15) is 0 Å². The van der Waals surface area contributed by atoms with Gasteiger partial charge in [0.1, 0.15) is 0 Å². The number of hydrogen-bond donors (Lipinski definition) is 0. The summed E-state index contributed by atoms with van der Waals surface area (Å²) in [6.07, 6.45) is 2.30. The van der Waals surface area contributed by atoms with Gasteiger partial charge >= 0.3 is 0 Å². The van der Waals surface area contributed by atoms with Crippen LogP contribution in [0.3, 0.4) is 0 Å². The maximum Gasteiger partial charge on any atom is 0.0541 e. The molecule has 0 atom stereocenters. The maximum atomic E-state index is 2.38. The molecule has 0 aliphatic heterocycles. The van der Waals surface area contributed by atoms with E-state index in [4.69, 9.17) is 0 Å². The van der Waals surface area contributed by atoms with E-state index in [1.54, 1.807) is 0 Å². The molecule has 0 saturated heterocycles. The van der Waals surface area contributed by atoms with Crippen molar-refractivity contribution in [2.45, 2.75) is 0 Å². The minimum atomic E-state index is 1.16. The van der Waals surface area contributed by atoms with Gasteiger partial charge in [-0.2, -0.15) is 0 Å². The van der Waals surface area contributed by atoms with E-state index in [0.717, 1.165) is 5.69 Å². The Hall–Kier alpha value is -6.96. The predicted octanol–water partition coefficient (Wildman–Crippen LogP) is 14.0. The molecule has 0 aliphatic rings. The fraction of sp³-hybridized carbons (Fsp3) is 0. The third-order valence-electron chi connectivity index (χ3n) is 10.6. The molecule has 1 nitrogen and oxygen atoms in total. The Balaban J connectivity index is 1.10. The number of aromatic nitrogens is 1. The van der Waals surface area contributed by atoms with Crippen molar-refractivity contribution in [1.29, 1.82) is 0 Å². The van der Waals surface area contributed by atoms with Crippen molar-refractivity contribution in [3.63, 3.8) is 0 Å². The van der Waals surface area contributed by atoms with Gasteiger partial charge in [0.25, 0.3) is 0 Å². The first-order chi connectivity index (χ1) is 26.3. The van der Waals surface area contributed by atoms with Gasteiger partial charge in [-0.1, -0.05) is 182 Å². The molecule has 248 valence electrons. The van der Waals surface area contributed by atoms with E-state index in [1.807, 2.05) is 0 Å². The Bertz CT molecular complexity index is 2800. The van der Waals surface area contributed by atoms with Crippen LogP contribution in [0.2, 0.25) is 0 Å². The standard InChI is InChI=1S/C52H35N/c1-3-15-37(16-4-1)48(38-17-5-2-6-18-38)35-36-27-29-39(30-28-36)51-44-21-7-9-23-46(44)52(47-24-10-8-22-45(47)51)40-31-33-41(34-32-40)53-49-25-13-11-19-42(49)43-20-12-14-26-50(43)53/h1-35H. The highest BCUT2D eigenvalue weighted by Crippen LogP contribution is 2.44. The normalized spacial score (nSPS) is 11.4. The predicted molar refractivity (Wildman–Crippen MR) is 227 cm³/mol.